The number of methoxy groups -OCH3 is 1. The van der Waals surface area contributed by atoms with E-state index in [-0.39, 0.29) is 11.8 Å². The molecule has 0 spiro atoms. The minimum atomic E-state index is -0.428. The first-order valence-electron chi connectivity index (χ1n) is 3.31. The van der Waals surface area contributed by atoms with Gasteiger partial charge < -0.3 is 10.1 Å². The Morgan fingerprint density at radius 1 is 1.64 bits per heavy atom. The first-order chi connectivity index (χ1) is 5.24. The van der Waals surface area contributed by atoms with Gasteiger partial charge in [-0.2, -0.15) is 0 Å². The summed E-state index contributed by atoms with van der Waals surface area (Å²) in [5.41, 5.74) is 0. The molecule has 0 aromatic heterocycles. The maximum absolute atomic E-state index is 10.9. The van der Waals surface area contributed by atoms with E-state index >= 15 is 0 Å². The molecule has 1 fully saturated rings. The molecule has 3 amide bonds. The average Bonchev–Trinajstić information content (AvgIpc) is 1.95. The molecule has 5 heteroatoms. The number of nitrogens with one attached hydrogen (secondary N) is 2. The number of carbonyl (C=O) groups is 2. The van der Waals surface area contributed by atoms with E-state index in [1.807, 2.05) is 0 Å². The fourth-order valence-electron chi connectivity index (χ4n) is 0.903. The molecule has 0 bridgehead atoms. The second kappa shape index (κ2) is 3.34. The van der Waals surface area contributed by atoms with Crippen LogP contribution in [0.4, 0.5) is 4.79 Å². The zero-order valence-electron chi connectivity index (χ0n) is 6.22. The van der Waals surface area contributed by atoms with Crippen molar-refractivity contribution in [1.29, 1.82) is 0 Å². The molecular weight excluding hydrogens is 148 g/mol. The number of amides is 3. The van der Waals surface area contributed by atoms with Crippen molar-refractivity contribution in [3.8, 4) is 0 Å². The van der Waals surface area contributed by atoms with Crippen LogP contribution in [-0.4, -0.2) is 32.2 Å². The Bertz CT molecular complexity index is 181. The number of rotatable bonds is 2. The Hall–Kier alpha value is -1.10. The Balaban J connectivity index is 2.44. The van der Waals surface area contributed by atoms with Crippen molar-refractivity contribution in [2.75, 3.05) is 20.3 Å². The second-order valence-corrected chi connectivity index (χ2v) is 2.35. The Morgan fingerprint density at radius 2 is 2.36 bits per heavy atom. The smallest absolute Gasteiger partial charge is 0.321 e. The van der Waals surface area contributed by atoms with E-state index in [0.29, 0.717) is 13.2 Å². The highest BCUT2D eigenvalue weighted by Gasteiger charge is 2.25. The number of urea groups is 1. The van der Waals surface area contributed by atoms with Gasteiger partial charge >= 0.3 is 6.03 Å². The van der Waals surface area contributed by atoms with Crippen LogP contribution >= 0.6 is 0 Å². The van der Waals surface area contributed by atoms with Crippen LogP contribution in [0.5, 0.6) is 0 Å². The predicted molar refractivity (Wildman–Crippen MR) is 36.9 cm³/mol. The first-order valence-corrected chi connectivity index (χ1v) is 3.31. The van der Waals surface area contributed by atoms with Crippen LogP contribution in [0, 0.1) is 5.92 Å². The van der Waals surface area contributed by atoms with Gasteiger partial charge in [0, 0.05) is 13.7 Å². The molecule has 1 unspecified atom stereocenters. The molecule has 2 N–H and O–H groups in total. The summed E-state index contributed by atoms with van der Waals surface area (Å²) >= 11 is 0. The summed E-state index contributed by atoms with van der Waals surface area (Å²) in [6.07, 6.45) is 0. The molecule has 0 radical (unpaired) electrons. The van der Waals surface area contributed by atoms with E-state index in [1.54, 1.807) is 0 Å². The standard InChI is InChI=1S/C6H10N2O3/c1-11-3-4-2-7-6(10)8-5(4)9/h4H,2-3H2,1H3,(H2,7,8,9,10). The van der Waals surface area contributed by atoms with Crippen LogP contribution in [0.15, 0.2) is 0 Å². The topological polar surface area (TPSA) is 67.4 Å². The molecule has 11 heavy (non-hydrogen) atoms. The van der Waals surface area contributed by atoms with Crippen molar-refractivity contribution < 1.29 is 14.3 Å². The van der Waals surface area contributed by atoms with Crippen molar-refractivity contribution in [3.05, 3.63) is 0 Å². The van der Waals surface area contributed by atoms with E-state index in [4.69, 9.17) is 4.74 Å². The summed E-state index contributed by atoms with van der Waals surface area (Å²) in [7, 11) is 1.52. The molecule has 62 valence electrons. The van der Waals surface area contributed by atoms with Crippen molar-refractivity contribution in [2.45, 2.75) is 0 Å². The van der Waals surface area contributed by atoms with Crippen LogP contribution in [0.25, 0.3) is 0 Å². The van der Waals surface area contributed by atoms with Crippen LogP contribution in [0.1, 0.15) is 0 Å². The van der Waals surface area contributed by atoms with Gasteiger partial charge in [0.2, 0.25) is 5.91 Å². The minimum absolute atomic E-state index is 0.252. The van der Waals surface area contributed by atoms with Crippen LogP contribution in [0.3, 0.4) is 0 Å². The SMILES string of the molecule is COCC1CNC(=O)NC1=O. The van der Waals surface area contributed by atoms with Gasteiger partial charge in [-0.05, 0) is 0 Å². The largest absolute Gasteiger partial charge is 0.384 e. The molecule has 5 nitrogen and oxygen atoms in total. The van der Waals surface area contributed by atoms with Crippen LogP contribution < -0.4 is 10.6 Å². The van der Waals surface area contributed by atoms with Crippen LogP contribution in [0.2, 0.25) is 0 Å². The quantitative estimate of drug-likeness (QED) is 0.546. The van der Waals surface area contributed by atoms with Gasteiger partial charge in [0.25, 0.3) is 0 Å². The fourth-order valence-corrected chi connectivity index (χ4v) is 0.903. The van der Waals surface area contributed by atoms with Gasteiger partial charge in [-0.1, -0.05) is 0 Å². The molecule has 1 rings (SSSR count). The second-order valence-electron chi connectivity index (χ2n) is 2.35. The molecule has 0 aromatic rings. The maximum atomic E-state index is 10.9. The zero-order chi connectivity index (χ0) is 8.27. The maximum Gasteiger partial charge on any atom is 0.321 e. The summed E-state index contributed by atoms with van der Waals surface area (Å²) < 4.78 is 4.77. The lowest BCUT2D eigenvalue weighted by molar-refractivity contribution is -0.126. The highest BCUT2D eigenvalue weighted by Crippen LogP contribution is 1.99. The number of carbonyl (C=O) groups excluding carboxylic acids is 2. The molecule has 0 saturated carbocycles. The zero-order valence-corrected chi connectivity index (χ0v) is 6.22. The van der Waals surface area contributed by atoms with Gasteiger partial charge in [-0.25, -0.2) is 4.79 Å². The summed E-state index contributed by atoms with van der Waals surface area (Å²) in [5, 5.41) is 4.64. The molecule has 1 atom stereocenters. The third-order valence-corrected chi connectivity index (χ3v) is 1.48. The average molecular weight is 158 g/mol. The molecule has 1 aliphatic heterocycles. The van der Waals surface area contributed by atoms with E-state index in [0.717, 1.165) is 0 Å². The molecule has 1 aliphatic rings. The van der Waals surface area contributed by atoms with Gasteiger partial charge in [-0.3, -0.25) is 10.1 Å². The summed E-state index contributed by atoms with van der Waals surface area (Å²) in [4.78, 5) is 21.5. The van der Waals surface area contributed by atoms with E-state index in [1.165, 1.54) is 7.11 Å². The Kier molecular flexibility index (Phi) is 2.43. The normalized spacial score (nSPS) is 24.3. The van der Waals surface area contributed by atoms with Crippen molar-refractivity contribution in [2.24, 2.45) is 5.92 Å². The van der Waals surface area contributed by atoms with Crippen molar-refractivity contribution in [3.63, 3.8) is 0 Å². The monoisotopic (exact) mass is 158 g/mol. The third kappa shape index (κ3) is 1.91. The highest BCUT2D eigenvalue weighted by atomic mass is 16.5. The van der Waals surface area contributed by atoms with E-state index < -0.39 is 6.03 Å². The highest BCUT2D eigenvalue weighted by molar-refractivity contribution is 5.97. The molecule has 0 aromatic carbocycles. The lowest BCUT2D eigenvalue weighted by atomic mass is 10.1. The number of hydrogen-bond acceptors (Lipinski definition) is 3. The van der Waals surface area contributed by atoms with Crippen LogP contribution in [-0.2, 0) is 9.53 Å². The molecule has 1 heterocycles. The lowest BCUT2D eigenvalue weighted by Crippen LogP contribution is -2.53. The summed E-state index contributed by atoms with van der Waals surface area (Å²) in [6, 6.07) is -0.428. The third-order valence-electron chi connectivity index (χ3n) is 1.48. The van der Waals surface area contributed by atoms with Gasteiger partial charge in [0.05, 0.1) is 12.5 Å². The predicted octanol–water partition coefficient (Wildman–Crippen LogP) is -0.912. The molecule has 0 aliphatic carbocycles. The first kappa shape index (κ1) is 8.00. The Labute approximate surface area is 64.1 Å². The van der Waals surface area contributed by atoms with Gasteiger partial charge in [-0.15, -0.1) is 0 Å². The van der Waals surface area contributed by atoms with Gasteiger partial charge in [0.1, 0.15) is 0 Å². The summed E-state index contributed by atoms with van der Waals surface area (Å²) in [5.74, 6) is -0.520. The lowest BCUT2D eigenvalue weighted by Gasteiger charge is -2.20. The number of hydrogen-bond donors (Lipinski definition) is 2. The fraction of sp³-hybridized carbons (Fsp3) is 0.667. The van der Waals surface area contributed by atoms with Crippen molar-refractivity contribution in [1.82, 2.24) is 10.6 Å². The number of ether oxygens (including phenoxy) is 1. The molecular formula is C6H10N2O3. The molecule has 1 saturated heterocycles. The Morgan fingerprint density at radius 3 is 2.91 bits per heavy atom. The minimum Gasteiger partial charge on any atom is -0.384 e. The van der Waals surface area contributed by atoms with E-state index in [9.17, 15) is 9.59 Å². The van der Waals surface area contributed by atoms with Crippen molar-refractivity contribution >= 4 is 11.9 Å². The summed E-state index contributed by atoms with van der Waals surface area (Å²) in [6.45, 7) is 0.699. The van der Waals surface area contributed by atoms with E-state index in [2.05, 4.69) is 10.6 Å². The number of imide groups is 1. The van der Waals surface area contributed by atoms with Gasteiger partial charge in [0.15, 0.2) is 0 Å².